The fourth-order valence-electron chi connectivity index (χ4n) is 1.39. The van der Waals surface area contributed by atoms with E-state index in [4.69, 9.17) is 5.26 Å². The molecule has 3 nitrogen and oxygen atoms in total. The number of nitrogens with zero attached hydrogens (tertiary/aromatic N) is 3. The van der Waals surface area contributed by atoms with E-state index in [0.29, 0.717) is 12.6 Å². The largest absolute Gasteiger partial charge is 0.353 e. The smallest absolute Gasteiger partial charge is 0.251 e. The van der Waals surface area contributed by atoms with Gasteiger partial charge in [0.05, 0.1) is 12.0 Å². The van der Waals surface area contributed by atoms with Gasteiger partial charge >= 0.3 is 0 Å². The van der Waals surface area contributed by atoms with Crippen molar-refractivity contribution >= 4 is 5.82 Å². The molecule has 0 spiro atoms. The number of rotatable bonds is 4. The Morgan fingerprint density at radius 3 is 2.59 bits per heavy atom. The van der Waals surface area contributed by atoms with Crippen LogP contribution in [0.3, 0.4) is 0 Å². The second kappa shape index (κ2) is 5.53. The zero-order chi connectivity index (χ0) is 13.0. The lowest BCUT2D eigenvalue weighted by molar-refractivity contribution is 0.462. The molecule has 1 aromatic heterocycles. The Morgan fingerprint density at radius 2 is 2.06 bits per heavy atom. The van der Waals surface area contributed by atoms with E-state index >= 15 is 0 Å². The highest BCUT2D eigenvalue weighted by molar-refractivity contribution is 5.40. The van der Waals surface area contributed by atoms with Crippen LogP contribution < -0.4 is 4.90 Å². The van der Waals surface area contributed by atoms with Gasteiger partial charge in [-0.1, -0.05) is 0 Å². The molecule has 0 saturated carbocycles. The second-order valence-electron chi connectivity index (χ2n) is 3.64. The van der Waals surface area contributed by atoms with Gasteiger partial charge in [0.2, 0.25) is 0 Å². The molecule has 0 aliphatic carbocycles. The maximum absolute atomic E-state index is 13.4. The third-order valence-electron chi connectivity index (χ3n) is 2.26. The first-order chi connectivity index (χ1) is 7.99. The number of aromatic nitrogens is 1. The fraction of sp³-hybridized carbons (Fsp3) is 0.455. The Balaban J connectivity index is 3.04. The van der Waals surface area contributed by atoms with Crippen LogP contribution in [-0.4, -0.2) is 18.1 Å². The van der Waals surface area contributed by atoms with Crippen LogP contribution in [0.2, 0.25) is 0 Å². The SMILES string of the molecule is CCN(CC(C)C#N)c1nc(F)c(F)cc1F. The summed E-state index contributed by atoms with van der Waals surface area (Å²) >= 11 is 0. The van der Waals surface area contributed by atoms with Crippen LogP contribution in [0.25, 0.3) is 0 Å². The maximum Gasteiger partial charge on any atom is 0.251 e. The Hall–Kier alpha value is -1.77. The minimum Gasteiger partial charge on any atom is -0.353 e. The zero-order valence-electron chi connectivity index (χ0n) is 9.54. The lowest BCUT2D eigenvalue weighted by Gasteiger charge is -2.23. The minimum atomic E-state index is -1.34. The first kappa shape index (κ1) is 13.3. The van der Waals surface area contributed by atoms with Gasteiger partial charge in [0.15, 0.2) is 17.5 Å². The normalized spacial score (nSPS) is 12.0. The number of nitriles is 1. The van der Waals surface area contributed by atoms with Crippen LogP contribution in [0.1, 0.15) is 13.8 Å². The van der Waals surface area contributed by atoms with Gasteiger partial charge in [-0.2, -0.15) is 14.6 Å². The van der Waals surface area contributed by atoms with Crippen molar-refractivity contribution in [3.05, 3.63) is 23.6 Å². The van der Waals surface area contributed by atoms with E-state index in [1.54, 1.807) is 13.8 Å². The number of hydrogen-bond acceptors (Lipinski definition) is 3. The Bertz CT molecular complexity index is 442. The van der Waals surface area contributed by atoms with Crippen LogP contribution in [0.5, 0.6) is 0 Å². The van der Waals surface area contributed by atoms with Crippen molar-refractivity contribution in [2.75, 3.05) is 18.0 Å². The molecule has 0 bridgehead atoms. The molecule has 0 radical (unpaired) electrons. The molecule has 0 aliphatic rings. The monoisotopic (exact) mass is 243 g/mol. The lowest BCUT2D eigenvalue weighted by atomic mass is 10.2. The fourth-order valence-corrected chi connectivity index (χ4v) is 1.39. The van der Waals surface area contributed by atoms with Crippen LogP contribution in [0, 0.1) is 34.8 Å². The van der Waals surface area contributed by atoms with Crippen molar-refractivity contribution < 1.29 is 13.2 Å². The molecule has 92 valence electrons. The van der Waals surface area contributed by atoms with Gasteiger partial charge in [-0.15, -0.1) is 0 Å². The van der Waals surface area contributed by atoms with Crippen LogP contribution in [-0.2, 0) is 0 Å². The average molecular weight is 243 g/mol. The number of hydrogen-bond donors (Lipinski definition) is 0. The van der Waals surface area contributed by atoms with E-state index in [1.165, 1.54) is 4.90 Å². The molecule has 17 heavy (non-hydrogen) atoms. The topological polar surface area (TPSA) is 39.9 Å². The Morgan fingerprint density at radius 1 is 1.41 bits per heavy atom. The first-order valence-electron chi connectivity index (χ1n) is 5.15. The zero-order valence-corrected chi connectivity index (χ0v) is 9.54. The van der Waals surface area contributed by atoms with E-state index < -0.39 is 17.6 Å². The molecule has 0 fully saturated rings. The van der Waals surface area contributed by atoms with Crippen molar-refractivity contribution in [1.82, 2.24) is 4.98 Å². The Kier molecular flexibility index (Phi) is 4.32. The highest BCUT2D eigenvalue weighted by Crippen LogP contribution is 2.19. The quantitative estimate of drug-likeness (QED) is 0.763. The van der Waals surface area contributed by atoms with Gasteiger partial charge in [0.25, 0.3) is 5.95 Å². The Labute approximate surface area is 97.5 Å². The number of pyridine rings is 1. The molecule has 1 aromatic rings. The molecule has 1 heterocycles. The summed E-state index contributed by atoms with van der Waals surface area (Å²) in [6, 6.07) is 2.44. The van der Waals surface area contributed by atoms with E-state index in [1.807, 2.05) is 6.07 Å². The van der Waals surface area contributed by atoms with Crippen LogP contribution in [0.4, 0.5) is 19.0 Å². The lowest BCUT2D eigenvalue weighted by Crippen LogP contribution is -2.29. The van der Waals surface area contributed by atoms with Crippen LogP contribution >= 0.6 is 0 Å². The third-order valence-corrected chi connectivity index (χ3v) is 2.26. The molecular formula is C11H12F3N3. The molecule has 0 amide bonds. The molecule has 0 aromatic carbocycles. The van der Waals surface area contributed by atoms with E-state index in [-0.39, 0.29) is 18.3 Å². The maximum atomic E-state index is 13.4. The molecule has 0 N–H and O–H groups in total. The summed E-state index contributed by atoms with van der Waals surface area (Å²) in [4.78, 5) is 4.63. The summed E-state index contributed by atoms with van der Waals surface area (Å²) in [7, 11) is 0. The van der Waals surface area contributed by atoms with E-state index in [2.05, 4.69) is 4.98 Å². The second-order valence-corrected chi connectivity index (χ2v) is 3.64. The standard InChI is InChI=1S/C11H12F3N3/c1-3-17(6-7(2)5-15)11-9(13)4-8(12)10(14)16-11/h4,7H,3,6H2,1-2H3. The van der Waals surface area contributed by atoms with Gasteiger partial charge in [-0.05, 0) is 13.8 Å². The summed E-state index contributed by atoms with van der Waals surface area (Å²) in [6.45, 7) is 3.93. The predicted molar refractivity (Wildman–Crippen MR) is 56.8 cm³/mol. The highest BCUT2D eigenvalue weighted by Gasteiger charge is 2.18. The average Bonchev–Trinajstić information content (AvgIpc) is 2.30. The molecular weight excluding hydrogens is 231 g/mol. The highest BCUT2D eigenvalue weighted by atomic mass is 19.2. The van der Waals surface area contributed by atoms with Gasteiger partial charge in [-0.25, -0.2) is 8.78 Å². The third kappa shape index (κ3) is 3.09. The molecule has 1 atom stereocenters. The van der Waals surface area contributed by atoms with E-state index in [0.717, 1.165) is 0 Å². The van der Waals surface area contributed by atoms with Crippen molar-refractivity contribution in [2.45, 2.75) is 13.8 Å². The van der Waals surface area contributed by atoms with Gasteiger partial charge in [0.1, 0.15) is 0 Å². The van der Waals surface area contributed by atoms with Crippen molar-refractivity contribution in [2.24, 2.45) is 5.92 Å². The predicted octanol–water partition coefficient (Wildman–Crippen LogP) is 2.48. The molecule has 1 unspecified atom stereocenters. The summed E-state index contributed by atoms with van der Waals surface area (Å²) in [5.41, 5.74) is 0. The number of anilines is 1. The van der Waals surface area contributed by atoms with Crippen molar-refractivity contribution in [3.63, 3.8) is 0 Å². The minimum absolute atomic E-state index is 0.210. The number of halogens is 3. The first-order valence-corrected chi connectivity index (χ1v) is 5.15. The molecule has 1 rings (SSSR count). The molecule has 6 heteroatoms. The summed E-state index contributed by atoms with van der Waals surface area (Å²) in [5.74, 6) is -4.23. The van der Waals surface area contributed by atoms with E-state index in [9.17, 15) is 13.2 Å². The molecule has 0 saturated heterocycles. The summed E-state index contributed by atoms with van der Waals surface area (Å²) in [5, 5.41) is 8.67. The van der Waals surface area contributed by atoms with Crippen molar-refractivity contribution in [1.29, 1.82) is 5.26 Å². The van der Waals surface area contributed by atoms with Crippen molar-refractivity contribution in [3.8, 4) is 6.07 Å². The molecule has 0 aliphatic heterocycles. The summed E-state index contributed by atoms with van der Waals surface area (Å²) < 4.78 is 39.1. The van der Waals surface area contributed by atoms with Gasteiger partial charge in [-0.3, -0.25) is 0 Å². The van der Waals surface area contributed by atoms with Gasteiger partial charge in [0, 0.05) is 19.2 Å². The van der Waals surface area contributed by atoms with Gasteiger partial charge < -0.3 is 4.90 Å². The summed E-state index contributed by atoms with van der Waals surface area (Å²) in [6.07, 6.45) is 0. The van der Waals surface area contributed by atoms with Crippen LogP contribution in [0.15, 0.2) is 6.07 Å².